The normalized spacial score (nSPS) is 18.9. The number of rotatable bonds is 2. The molecule has 2 rings (SSSR count). The lowest BCUT2D eigenvalue weighted by molar-refractivity contribution is -0.0874. The summed E-state index contributed by atoms with van der Waals surface area (Å²) < 4.78 is 13.5. The predicted octanol–water partition coefficient (Wildman–Crippen LogP) is 1.26. The topological polar surface area (TPSA) is 47.3 Å². The minimum absolute atomic E-state index is 0.330. The predicted molar refractivity (Wildman–Crippen MR) is 57.0 cm³/mol. The van der Waals surface area contributed by atoms with Crippen LogP contribution in [0.4, 0.5) is 4.39 Å². The zero-order valence-electron chi connectivity index (χ0n) is 9.07. The summed E-state index contributed by atoms with van der Waals surface area (Å²) in [5.74, 6) is -0.356. The molecule has 1 fully saturated rings. The van der Waals surface area contributed by atoms with Gasteiger partial charge in [0.25, 0.3) is 0 Å². The number of hydrogen-bond acceptors (Lipinski definition) is 3. The van der Waals surface area contributed by atoms with E-state index in [4.69, 9.17) is 5.26 Å². The molecule has 84 valence electrons. The van der Waals surface area contributed by atoms with Gasteiger partial charge in [-0.1, -0.05) is 6.07 Å². The zero-order chi connectivity index (χ0) is 11.8. The van der Waals surface area contributed by atoms with Crippen molar-refractivity contribution in [3.8, 4) is 6.07 Å². The third-order valence-corrected chi connectivity index (χ3v) is 2.70. The molecule has 1 aliphatic heterocycles. The molecule has 1 aliphatic rings. The van der Waals surface area contributed by atoms with E-state index in [1.807, 2.05) is 11.0 Å². The molecule has 0 bridgehead atoms. The van der Waals surface area contributed by atoms with Gasteiger partial charge in [0.1, 0.15) is 5.82 Å². The van der Waals surface area contributed by atoms with Crippen molar-refractivity contribution in [3.63, 3.8) is 0 Å². The number of likely N-dealkylation sites (tertiary alicyclic amines) is 1. The molecule has 0 atom stereocenters. The first-order chi connectivity index (χ1) is 7.50. The lowest BCUT2D eigenvalue weighted by atomic mass is 9.96. The number of aliphatic hydroxyl groups is 1. The van der Waals surface area contributed by atoms with Crippen LogP contribution in [0.25, 0.3) is 0 Å². The second-order valence-electron chi connectivity index (χ2n) is 4.56. The molecule has 1 heterocycles. The molecule has 0 unspecified atom stereocenters. The average molecular weight is 220 g/mol. The molecule has 1 saturated heterocycles. The molecule has 0 spiro atoms. The molecule has 1 aromatic rings. The number of nitrogens with zero attached hydrogens (tertiary/aromatic N) is 2. The van der Waals surface area contributed by atoms with Crippen LogP contribution >= 0.6 is 0 Å². The van der Waals surface area contributed by atoms with Crippen molar-refractivity contribution in [3.05, 3.63) is 35.1 Å². The maximum Gasteiger partial charge on any atom is 0.129 e. The fourth-order valence-electron chi connectivity index (χ4n) is 2.01. The number of benzene rings is 1. The van der Waals surface area contributed by atoms with Crippen molar-refractivity contribution < 1.29 is 9.50 Å². The van der Waals surface area contributed by atoms with Crippen LogP contribution in [0.2, 0.25) is 0 Å². The zero-order valence-corrected chi connectivity index (χ0v) is 9.07. The Kier molecular flexibility index (Phi) is 2.66. The second kappa shape index (κ2) is 3.85. The van der Waals surface area contributed by atoms with Gasteiger partial charge in [-0.05, 0) is 19.1 Å². The van der Waals surface area contributed by atoms with Crippen LogP contribution in [0.15, 0.2) is 18.2 Å². The van der Waals surface area contributed by atoms with Crippen molar-refractivity contribution in [2.75, 3.05) is 13.1 Å². The first-order valence-corrected chi connectivity index (χ1v) is 5.13. The summed E-state index contributed by atoms with van der Waals surface area (Å²) in [6.07, 6.45) is 0. The molecule has 3 nitrogen and oxygen atoms in total. The van der Waals surface area contributed by atoms with E-state index in [1.54, 1.807) is 19.1 Å². The molecule has 16 heavy (non-hydrogen) atoms. The largest absolute Gasteiger partial charge is 0.388 e. The van der Waals surface area contributed by atoms with Crippen LogP contribution in [0.3, 0.4) is 0 Å². The number of halogens is 1. The summed E-state index contributed by atoms with van der Waals surface area (Å²) in [5, 5.41) is 18.1. The van der Waals surface area contributed by atoms with Crippen molar-refractivity contribution in [1.82, 2.24) is 4.90 Å². The highest BCUT2D eigenvalue weighted by Gasteiger charge is 2.36. The van der Waals surface area contributed by atoms with E-state index in [-0.39, 0.29) is 5.82 Å². The van der Waals surface area contributed by atoms with Gasteiger partial charge in [-0.3, -0.25) is 4.90 Å². The number of nitriles is 1. The van der Waals surface area contributed by atoms with Gasteiger partial charge in [0, 0.05) is 25.2 Å². The maximum absolute atomic E-state index is 13.5. The number of β-amino-alcohol motifs (C(OH)–C–C–N with tert-alkyl or cyclic N) is 1. The van der Waals surface area contributed by atoms with Crippen LogP contribution in [0.5, 0.6) is 0 Å². The summed E-state index contributed by atoms with van der Waals surface area (Å²) in [4.78, 5) is 1.96. The third-order valence-electron chi connectivity index (χ3n) is 2.70. The Morgan fingerprint density at radius 1 is 1.56 bits per heavy atom. The summed E-state index contributed by atoms with van der Waals surface area (Å²) >= 11 is 0. The molecule has 0 aromatic heterocycles. The van der Waals surface area contributed by atoms with E-state index < -0.39 is 5.60 Å². The summed E-state index contributed by atoms with van der Waals surface area (Å²) in [5.41, 5.74) is 0.259. The van der Waals surface area contributed by atoms with Gasteiger partial charge in [0.05, 0.1) is 17.2 Å². The molecule has 0 amide bonds. The van der Waals surface area contributed by atoms with Crippen molar-refractivity contribution >= 4 is 0 Å². The highest BCUT2D eigenvalue weighted by molar-refractivity contribution is 5.33. The Balaban J connectivity index is 2.04. The monoisotopic (exact) mass is 220 g/mol. The Morgan fingerprint density at radius 2 is 2.25 bits per heavy atom. The van der Waals surface area contributed by atoms with Gasteiger partial charge < -0.3 is 5.11 Å². The van der Waals surface area contributed by atoms with Crippen LogP contribution in [-0.2, 0) is 6.54 Å². The molecule has 1 N–H and O–H groups in total. The lowest BCUT2D eigenvalue weighted by Gasteiger charge is -2.44. The quantitative estimate of drug-likeness (QED) is 0.816. The molecule has 1 aromatic carbocycles. The Labute approximate surface area is 93.7 Å². The van der Waals surface area contributed by atoms with Gasteiger partial charge in [0.2, 0.25) is 0 Å². The molecule has 4 heteroatoms. The van der Waals surface area contributed by atoms with E-state index in [2.05, 4.69) is 0 Å². The summed E-state index contributed by atoms with van der Waals surface area (Å²) in [6, 6.07) is 6.37. The number of hydrogen-bond donors (Lipinski definition) is 1. The molecular weight excluding hydrogens is 207 g/mol. The Morgan fingerprint density at radius 3 is 2.75 bits per heavy atom. The standard InChI is InChI=1S/C12H13FN2O/c1-12(16)7-15(8-12)6-10-3-2-9(5-14)4-11(10)13/h2-4,16H,6-8H2,1H3. The molecule has 0 saturated carbocycles. The van der Waals surface area contributed by atoms with Crippen molar-refractivity contribution in [1.29, 1.82) is 5.26 Å². The SMILES string of the molecule is CC1(O)CN(Cc2ccc(C#N)cc2F)C1. The maximum atomic E-state index is 13.5. The van der Waals surface area contributed by atoms with Gasteiger partial charge in [-0.2, -0.15) is 5.26 Å². The van der Waals surface area contributed by atoms with E-state index in [9.17, 15) is 9.50 Å². The summed E-state index contributed by atoms with van der Waals surface area (Å²) in [7, 11) is 0. The minimum Gasteiger partial charge on any atom is -0.388 e. The van der Waals surface area contributed by atoms with Gasteiger partial charge in [-0.25, -0.2) is 4.39 Å². The van der Waals surface area contributed by atoms with Gasteiger partial charge in [0.15, 0.2) is 0 Å². The Bertz CT molecular complexity index is 443. The van der Waals surface area contributed by atoms with E-state index >= 15 is 0 Å². The van der Waals surface area contributed by atoms with Crippen LogP contribution < -0.4 is 0 Å². The molecular formula is C12H13FN2O. The minimum atomic E-state index is -0.636. The lowest BCUT2D eigenvalue weighted by Crippen LogP contribution is -2.59. The van der Waals surface area contributed by atoms with E-state index in [1.165, 1.54) is 6.07 Å². The Hall–Kier alpha value is -1.44. The van der Waals surface area contributed by atoms with Crippen LogP contribution in [-0.4, -0.2) is 28.7 Å². The third kappa shape index (κ3) is 2.21. The fraction of sp³-hybridized carbons (Fsp3) is 0.417. The van der Waals surface area contributed by atoms with E-state index in [0.717, 1.165) is 0 Å². The van der Waals surface area contributed by atoms with Crippen LogP contribution in [0, 0.1) is 17.1 Å². The van der Waals surface area contributed by atoms with Crippen molar-refractivity contribution in [2.45, 2.75) is 19.1 Å². The molecule has 0 radical (unpaired) electrons. The van der Waals surface area contributed by atoms with Gasteiger partial charge in [-0.15, -0.1) is 0 Å². The fourth-order valence-corrected chi connectivity index (χ4v) is 2.01. The smallest absolute Gasteiger partial charge is 0.129 e. The molecule has 0 aliphatic carbocycles. The van der Waals surface area contributed by atoms with Gasteiger partial charge >= 0.3 is 0 Å². The first kappa shape index (κ1) is 11.1. The average Bonchev–Trinajstić information content (AvgIpc) is 2.18. The first-order valence-electron chi connectivity index (χ1n) is 5.13. The van der Waals surface area contributed by atoms with Crippen molar-refractivity contribution in [2.24, 2.45) is 0 Å². The van der Waals surface area contributed by atoms with E-state index in [0.29, 0.717) is 30.8 Å². The summed E-state index contributed by atoms with van der Waals surface area (Å²) in [6.45, 7) is 3.37. The second-order valence-corrected chi connectivity index (χ2v) is 4.56. The highest BCUT2D eigenvalue weighted by atomic mass is 19.1. The highest BCUT2D eigenvalue weighted by Crippen LogP contribution is 2.23. The van der Waals surface area contributed by atoms with Crippen LogP contribution in [0.1, 0.15) is 18.1 Å².